The van der Waals surface area contributed by atoms with Crippen molar-refractivity contribution >= 4 is 16.5 Å². The molecule has 0 saturated heterocycles. The van der Waals surface area contributed by atoms with Crippen LogP contribution in [0.4, 0.5) is 5.13 Å². The lowest BCUT2D eigenvalue weighted by Gasteiger charge is -2.16. The summed E-state index contributed by atoms with van der Waals surface area (Å²) in [6.07, 6.45) is 2.50. The Morgan fingerprint density at radius 2 is 2.10 bits per heavy atom. The van der Waals surface area contributed by atoms with Crippen molar-refractivity contribution in [3.8, 4) is 0 Å². The largest absolute Gasteiger partial charge is 0.377 e. The summed E-state index contributed by atoms with van der Waals surface area (Å²) in [5, 5.41) is 4.51. The quantitative estimate of drug-likeness (QED) is 0.720. The molecule has 0 fully saturated rings. The SMILES string of the molecule is CCCc1nc(N(C)CCOC(C)C)sc1CNCC. The average molecular weight is 299 g/mol. The second-order valence-electron chi connectivity index (χ2n) is 5.24. The van der Waals surface area contributed by atoms with Crippen LogP contribution in [0.2, 0.25) is 0 Å². The molecule has 5 heteroatoms. The highest BCUT2D eigenvalue weighted by molar-refractivity contribution is 7.15. The maximum absolute atomic E-state index is 5.61. The maximum atomic E-state index is 5.61. The fraction of sp³-hybridized carbons (Fsp3) is 0.800. The summed E-state index contributed by atoms with van der Waals surface area (Å²) >= 11 is 1.80. The standard InChI is InChI=1S/C15H29N3OS/c1-6-8-13-14(11-16-7-2)20-15(17-13)18(5)9-10-19-12(3)4/h12,16H,6-11H2,1-5H3. The van der Waals surface area contributed by atoms with Gasteiger partial charge in [0.15, 0.2) is 5.13 Å². The molecule has 0 saturated carbocycles. The molecule has 116 valence electrons. The summed E-state index contributed by atoms with van der Waals surface area (Å²) in [6.45, 7) is 12.0. The molecule has 0 radical (unpaired) electrons. The van der Waals surface area contributed by atoms with Crippen molar-refractivity contribution in [3.05, 3.63) is 10.6 Å². The van der Waals surface area contributed by atoms with Gasteiger partial charge in [-0.25, -0.2) is 4.98 Å². The van der Waals surface area contributed by atoms with E-state index < -0.39 is 0 Å². The summed E-state index contributed by atoms with van der Waals surface area (Å²) in [7, 11) is 2.09. The van der Waals surface area contributed by atoms with E-state index >= 15 is 0 Å². The number of hydrogen-bond acceptors (Lipinski definition) is 5. The molecule has 0 aliphatic rings. The fourth-order valence-corrected chi connectivity index (χ4v) is 2.93. The van der Waals surface area contributed by atoms with Crippen LogP contribution in [0.1, 0.15) is 44.7 Å². The number of nitrogens with zero attached hydrogens (tertiary/aromatic N) is 2. The highest BCUT2D eigenvalue weighted by Gasteiger charge is 2.13. The summed E-state index contributed by atoms with van der Waals surface area (Å²) < 4.78 is 5.61. The van der Waals surface area contributed by atoms with Crippen LogP contribution >= 0.6 is 11.3 Å². The average Bonchev–Trinajstić information content (AvgIpc) is 2.79. The molecule has 0 unspecified atom stereocenters. The van der Waals surface area contributed by atoms with Crippen molar-refractivity contribution in [3.63, 3.8) is 0 Å². The molecule has 1 N–H and O–H groups in total. The zero-order chi connectivity index (χ0) is 15.0. The normalized spacial score (nSPS) is 11.3. The van der Waals surface area contributed by atoms with E-state index in [4.69, 9.17) is 9.72 Å². The van der Waals surface area contributed by atoms with E-state index in [-0.39, 0.29) is 0 Å². The molecule has 1 rings (SSSR count). The van der Waals surface area contributed by atoms with Gasteiger partial charge in [0.2, 0.25) is 0 Å². The molecule has 4 nitrogen and oxygen atoms in total. The lowest BCUT2D eigenvalue weighted by molar-refractivity contribution is 0.0846. The van der Waals surface area contributed by atoms with Crippen molar-refractivity contribution in [2.24, 2.45) is 0 Å². The number of anilines is 1. The predicted molar refractivity (Wildman–Crippen MR) is 87.8 cm³/mol. The van der Waals surface area contributed by atoms with Gasteiger partial charge in [0.25, 0.3) is 0 Å². The van der Waals surface area contributed by atoms with Crippen molar-refractivity contribution in [1.82, 2.24) is 10.3 Å². The van der Waals surface area contributed by atoms with Crippen LogP contribution < -0.4 is 10.2 Å². The Morgan fingerprint density at radius 1 is 1.35 bits per heavy atom. The monoisotopic (exact) mass is 299 g/mol. The van der Waals surface area contributed by atoms with Crippen LogP contribution in [0.5, 0.6) is 0 Å². The maximum Gasteiger partial charge on any atom is 0.185 e. The summed E-state index contributed by atoms with van der Waals surface area (Å²) in [5.41, 5.74) is 1.25. The van der Waals surface area contributed by atoms with Crippen molar-refractivity contribution in [2.75, 3.05) is 31.6 Å². The van der Waals surface area contributed by atoms with E-state index in [9.17, 15) is 0 Å². The van der Waals surface area contributed by atoms with Gasteiger partial charge in [-0.15, -0.1) is 11.3 Å². The Hall–Kier alpha value is -0.650. The Morgan fingerprint density at radius 3 is 2.70 bits per heavy atom. The van der Waals surface area contributed by atoms with Crippen LogP contribution in [-0.4, -0.2) is 37.8 Å². The first-order valence-electron chi connectivity index (χ1n) is 7.60. The highest BCUT2D eigenvalue weighted by Crippen LogP contribution is 2.26. The lowest BCUT2D eigenvalue weighted by Crippen LogP contribution is -2.23. The van der Waals surface area contributed by atoms with E-state index in [2.05, 4.69) is 45.0 Å². The van der Waals surface area contributed by atoms with E-state index in [1.54, 1.807) is 11.3 Å². The number of thiazole rings is 1. The first-order chi connectivity index (χ1) is 9.58. The second kappa shape index (κ2) is 9.32. The van der Waals surface area contributed by atoms with Gasteiger partial charge in [-0.1, -0.05) is 20.3 Å². The highest BCUT2D eigenvalue weighted by atomic mass is 32.1. The molecule has 0 aliphatic carbocycles. The van der Waals surface area contributed by atoms with Gasteiger partial charge in [0.05, 0.1) is 18.4 Å². The molecule has 0 aliphatic heterocycles. The van der Waals surface area contributed by atoms with Gasteiger partial charge in [-0.2, -0.15) is 0 Å². The topological polar surface area (TPSA) is 37.4 Å². The molecule has 0 aromatic carbocycles. The van der Waals surface area contributed by atoms with Gasteiger partial charge >= 0.3 is 0 Å². The number of hydrogen-bond donors (Lipinski definition) is 1. The number of aromatic nitrogens is 1. The zero-order valence-electron chi connectivity index (χ0n) is 13.5. The lowest BCUT2D eigenvalue weighted by atomic mass is 10.2. The van der Waals surface area contributed by atoms with E-state index in [0.717, 1.165) is 44.2 Å². The van der Waals surface area contributed by atoms with E-state index in [1.807, 2.05) is 0 Å². The van der Waals surface area contributed by atoms with E-state index in [1.165, 1.54) is 10.6 Å². The Labute approximate surface area is 127 Å². The third-order valence-corrected chi connectivity index (χ3v) is 4.21. The molecule has 1 aromatic heterocycles. The molecule has 0 spiro atoms. The van der Waals surface area contributed by atoms with Gasteiger partial charge in [-0.05, 0) is 26.8 Å². The Balaban J connectivity index is 2.63. The Bertz CT molecular complexity index is 379. The minimum Gasteiger partial charge on any atom is -0.377 e. The van der Waals surface area contributed by atoms with Crippen LogP contribution in [0.3, 0.4) is 0 Å². The van der Waals surface area contributed by atoms with Crippen molar-refractivity contribution in [2.45, 2.75) is 53.2 Å². The third-order valence-electron chi connectivity index (χ3n) is 2.99. The Kier molecular flexibility index (Phi) is 8.11. The van der Waals surface area contributed by atoms with Crippen LogP contribution in [0, 0.1) is 0 Å². The molecular formula is C15H29N3OS. The molecule has 0 atom stereocenters. The molecule has 0 bridgehead atoms. The van der Waals surface area contributed by atoms with Gasteiger partial charge in [0.1, 0.15) is 0 Å². The zero-order valence-corrected chi connectivity index (χ0v) is 14.3. The summed E-state index contributed by atoms with van der Waals surface area (Å²) in [6, 6.07) is 0. The van der Waals surface area contributed by atoms with Crippen molar-refractivity contribution < 1.29 is 4.74 Å². The number of ether oxygens (including phenoxy) is 1. The van der Waals surface area contributed by atoms with Crippen LogP contribution in [0.25, 0.3) is 0 Å². The smallest absolute Gasteiger partial charge is 0.185 e. The molecular weight excluding hydrogens is 270 g/mol. The van der Waals surface area contributed by atoms with Crippen LogP contribution in [0.15, 0.2) is 0 Å². The second-order valence-corrected chi connectivity index (χ2v) is 6.30. The predicted octanol–water partition coefficient (Wildman–Crippen LogP) is 3.07. The van der Waals surface area contributed by atoms with E-state index in [0.29, 0.717) is 6.10 Å². The van der Waals surface area contributed by atoms with Gasteiger partial charge < -0.3 is 15.0 Å². The summed E-state index contributed by atoms with van der Waals surface area (Å²) in [4.78, 5) is 8.37. The number of nitrogens with one attached hydrogen (secondary N) is 1. The number of rotatable bonds is 10. The third kappa shape index (κ3) is 5.77. The number of likely N-dealkylation sites (N-methyl/N-ethyl adjacent to an activating group) is 1. The molecule has 20 heavy (non-hydrogen) atoms. The number of aryl methyl sites for hydroxylation is 1. The van der Waals surface area contributed by atoms with Gasteiger partial charge in [0, 0.05) is 25.0 Å². The molecule has 1 aromatic rings. The first kappa shape index (κ1) is 17.4. The van der Waals surface area contributed by atoms with Gasteiger partial charge in [-0.3, -0.25) is 0 Å². The first-order valence-corrected chi connectivity index (χ1v) is 8.42. The summed E-state index contributed by atoms with van der Waals surface area (Å²) in [5.74, 6) is 0. The molecule has 0 amide bonds. The minimum absolute atomic E-state index is 0.291. The fourth-order valence-electron chi connectivity index (χ4n) is 1.86. The van der Waals surface area contributed by atoms with Crippen LogP contribution in [-0.2, 0) is 17.7 Å². The van der Waals surface area contributed by atoms with Crippen molar-refractivity contribution in [1.29, 1.82) is 0 Å². The molecule has 1 heterocycles. The minimum atomic E-state index is 0.291.